The van der Waals surface area contributed by atoms with Crippen molar-refractivity contribution in [2.45, 2.75) is 46.0 Å². The van der Waals surface area contributed by atoms with Crippen molar-refractivity contribution in [3.63, 3.8) is 0 Å². The van der Waals surface area contributed by atoms with Gasteiger partial charge in [0.2, 0.25) is 0 Å². The molecule has 2 nitrogen and oxygen atoms in total. The fraction of sp³-hybridized carbons (Fsp3) is 0.304. The third kappa shape index (κ3) is 2.57. The van der Waals surface area contributed by atoms with Crippen molar-refractivity contribution < 1.29 is 0 Å². The lowest BCUT2D eigenvalue weighted by atomic mass is 9.78. The van der Waals surface area contributed by atoms with Crippen molar-refractivity contribution in [1.82, 2.24) is 10.2 Å². The lowest BCUT2D eigenvalue weighted by Crippen LogP contribution is -2.11. The summed E-state index contributed by atoms with van der Waals surface area (Å²) in [6.45, 7) is 8.82. The van der Waals surface area contributed by atoms with E-state index in [4.69, 9.17) is 0 Å². The summed E-state index contributed by atoms with van der Waals surface area (Å²) in [6, 6.07) is 17.6. The minimum atomic E-state index is 0.330. The smallest absolute Gasteiger partial charge is 0.0741 e. The molecule has 1 heterocycles. The Morgan fingerprint density at radius 3 is 2.32 bits per heavy atom. The summed E-state index contributed by atoms with van der Waals surface area (Å²) >= 11 is 0. The topological polar surface area (TPSA) is 25.8 Å². The molecule has 3 aromatic rings. The van der Waals surface area contributed by atoms with Gasteiger partial charge in [0.25, 0.3) is 0 Å². The number of hydrogen-bond donors (Lipinski definition) is 0. The van der Waals surface area contributed by atoms with Gasteiger partial charge < -0.3 is 0 Å². The number of nitrogens with zero attached hydrogens (tertiary/aromatic N) is 2. The van der Waals surface area contributed by atoms with Crippen molar-refractivity contribution in [3.8, 4) is 22.3 Å². The highest BCUT2D eigenvalue weighted by Gasteiger charge is 2.26. The number of aryl methyl sites for hydroxylation is 1. The van der Waals surface area contributed by atoms with Crippen LogP contribution in [0.25, 0.3) is 22.3 Å². The maximum Gasteiger partial charge on any atom is 0.0741 e. The second-order valence-electron chi connectivity index (χ2n) is 7.42. The van der Waals surface area contributed by atoms with Crippen LogP contribution >= 0.6 is 0 Å². The van der Waals surface area contributed by atoms with E-state index in [9.17, 15) is 0 Å². The van der Waals surface area contributed by atoms with Crippen LogP contribution in [0.3, 0.4) is 0 Å². The molecule has 126 valence electrons. The highest BCUT2D eigenvalue weighted by Crippen LogP contribution is 2.45. The minimum Gasteiger partial charge on any atom is -0.155 e. The number of benzene rings is 2. The van der Waals surface area contributed by atoms with Gasteiger partial charge in [-0.25, -0.2) is 0 Å². The molecule has 2 aromatic carbocycles. The second kappa shape index (κ2) is 6.11. The van der Waals surface area contributed by atoms with Crippen LogP contribution in [0, 0.1) is 6.92 Å². The number of aromatic nitrogens is 2. The first-order valence-electron chi connectivity index (χ1n) is 9.12. The molecule has 1 atom stereocenters. The lowest BCUT2D eigenvalue weighted by Gasteiger charge is -2.27. The van der Waals surface area contributed by atoms with Gasteiger partial charge in [-0.2, -0.15) is 10.2 Å². The largest absolute Gasteiger partial charge is 0.155 e. The predicted molar refractivity (Wildman–Crippen MR) is 104 cm³/mol. The molecule has 0 saturated heterocycles. The Balaban J connectivity index is 2.19. The molecule has 0 bridgehead atoms. The van der Waals surface area contributed by atoms with E-state index in [1.165, 1.54) is 33.4 Å². The number of fused-ring (bicyclic) bond motifs is 5. The Morgan fingerprint density at radius 1 is 0.880 bits per heavy atom. The van der Waals surface area contributed by atoms with Gasteiger partial charge in [-0.1, -0.05) is 69.3 Å². The highest BCUT2D eigenvalue weighted by atomic mass is 15.1. The van der Waals surface area contributed by atoms with Crippen LogP contribution in [0.5, 0.6) is 0 Å². The molecule has 0 N–H and O–H groups in total. The second-order valence-corrected chi connectivity index (χ2v) is 7.42. The Bertz CT molecular complexity index is 941. The molecule has 0 radical (unpaired) electrons. The van der Waals surface area contributed by atoms with E-state index in [1.54, 1.807) is 0 Å². The predicted octanol–water partition coefficient (Wildman–Crippen LogP) is 5.90. The van der Waals surface area contributed by atoms with E-state index in [2.05, 4.69) is 86.4 Å². The Morgan fingerprint density at radius 2 is 1.56 bits per heavy atom. The van der Waals surface area contributed by atoms with E-state index < -0.39 is 0 Å². The molecule has 25 heavy (non-hydrogen) atoms. The first-order chi connectivity index (χ1) is 12.1. The summed E-state index contributed by atoms with van der Waals surface area (Å²) in [5.41, 5.74) is 10.1. The van der Waals surface area contributed by atoms with Crippen molar-refractivity contribution >= 4 is 0 Å². The zero-order chi connectivity index (χ0) is 17.6. The first kappa shape index (κ1) is 16.0. The standard InChI is InChI=1S/C23H24N2/c1-14(2)23-22-20-12-8-7-10-18(20)15(3)13-17-9-5-6-11-19(17)21(22)16(4)24-25-23/h5-12,14-15H,13H2,1-4H3. The summed E-state index contributed by atoms with van der Waals surface area (Å²) in [7, 11) is 0. The molecule has 4 rings (SSSR count). The van der Waals surface area contributed by atoms with E-state index >= 15 is 0 Å². The minimum absolute atomic E-state index is 0.330. The molecule has 1 unspecified atom stereocenters. The van der Waals surface area contributed by atoms with Gasteiger partial charge in [0, 0.05) is 11.1 Å². The van der Waals surface area contributed by atoms with Crippen LogP contribution in [0.4, 0.5) is 0 Å². The van der Waals surface area contributed by atoms with Crippen LogP contribution in [0.1, 0.15) is 55.1 Å². The fourth-order valence-corrected chi connectivity index (χ4v) is 4.08. The summed E-state index contributed by atoms with van der Waals surface area (Å²) in [4.78, 5) is 0. The molecule has 0 spiro atoms. The normalized spacial score (nSPS) is 15.8. The maximum absolute atomic E-state index is 4.61. The summed E-state index contributed by atoms with van der Waals surface area (Å²) in [5.74, 6) is 0.802. The average Bonchev–Trinajstić information content (AvgIpc) is 2.61. The molecule has 0 fully saturated rings. The number of hydrogen-bond acceptors (Lipinski definition) is 2. The third-order valence-electron chi connectivity index (χ3n) is 5.30. The molecule has 1 aliphatic carbocycles. The summed E-state index contributed by atoms with van der Waals surface area (Å²) < 4.78 is 0. The molecule has 0 amide bonds. The maximum atomic E-state index is 4.61. The average molecular weight is 328 g/mol. The van der Waals surface area contributed by atoms with E-state index in [-0.39, 0.29) is 0 Å². The zero-order valence-electron chi connectivity index (χ0n) is 15.4. The van der Waals surface area contributed by atoms with Crippen LogP contribution in [0.15, 0.2) is 48.5 Å². The summed E-state index contributed by atoms with van der Waals surface area (Å²) in [6.07, 6.45) is 1.05. The lowest BCUT2D eigenvalue weighted by molar-refractivity contribution is 0.751. The molecule has 1 aromatic heterocycles. The van der Waals surface area contributed by atoms with Crippen LogP contribution in [0.2, 0.25) is 0 Å². The Hall–Kier alpha value is -2.48. The fourth-order valence-electron chi connectivity index (χ4n) is 4.08. The first-order valence-corrected chi connectivity index (χ1v) is 9.12. The number of rotatable bonds is 1. The van der Waals surface area contributed by atoms with Gasteiger partial charge in [0.1, 0.15) is 0 Å². The van der Waals surface area contributed by atoms with Gasteiger partial charge in [0.05, 0.1) is 11.4 Å². The van der Waals surface area contributed by atoms with E-state index in [1.807, 2.05) is 0 Å². The van der Waals surface area contributed by atoms with Crippen molar-refractivity contribution in [2.75, 3.05) is 0 Å². The van der Waals surface area contributed by atoms with Crippen LogP contribution < -0.4 is 0 Å². The monoisotopic (exact) mass is 328 g/mol. The quantitative estimate of drug-likeness (QED) is 0.555. The molecule has 1 aliphatic rings. The Kier molecular flexibility index (Phi) is 3.91. The van der Waals surface area contributed by atoms with Gasteiger partial charge in [-0.3, -0.25) is 0 Å². The SMILES string of the molecule is Cc1nnc(C(C)C)c2c1-c1ccccc1CC(C)c1ccccc1-2. The highest BCUT2D eigenvalue weighted by molar-refractivity contribution is 5.89. The van der Waals surface area contributed by atoms with E-state index in [0.717, 1.165) is 17.8 Å². The molecular formula is C23H24N2. The van der Waals surface area contributed by atoms with Crippen molar-refractivity contribution in [2.24, 2.45) is 0 Å². The van der Waals surface area contributed by atoms with Crippen molar-refractivity contribution in [1.29, 1.82) is 0 Å². The molecule has 0 aliphatic heterocycles. The molecular weight excluding hydrogens is 304 g/mol. The van der Waals surface area contributed by atoms with Gasteiger partial charge >= 0.3 is 0 Å². The van der Waals surface area contributed by atoms with Crippen LogP contribution in [-0.4, -0.2) is 10.2 Å². The zero-order valence-corrected chi connectivity index (χ0v) is 15.4. The van der Waals surface area contributed by atoms with Crippen LogP contribution in [-0.2, 0) is 6.42 Å². The Labute approximate surface area is 150 Å². The van der Waals surface area contributed by atoms with Gasteiger partial charge in [-0.05, 0) is 47.4 Å². The van der Waals surface area contributed by atoms with Crippen molar-refractivity contribution in [3.05, 3.63) is 71.0 Å². The van der Waals surface area contributed by atoms with Gasteiger partial charge in [-0.15, -0.1) is 0 Å². The molecule has 2 heteroatoms. The molecule has 0 saturated carbocycles. The summed E-state index contributed by atoms with van der Waals surface area (Å²) in [5, 5.41) is 9.14. The third-order valence-corrected chi connectivity index (χ3v) is 5.30. The van der Waals surface area contributed by atoms with Gasteiger partial charge in [0.15, 0.2) is 0 Å². The van der Waals surface area contributed by atoms with E-state index in [0.29, 0.717) is 11.8 Å².